The quantitative estimate of drug-likeness (QED) is 0.151. The molecule has 58 heavy (non-hydrogen) atoms. The van der Waals surface area contributed by atoms with Gasteiger partial charge in [0.1, 0.15) is 11.2 Å². The zero-order valence-corrected chi connectivity index (χ0v) is 31.7. The average molecular weight is 740 g/mol. The fraction of sp³-hybridized carbons (Fsp3) is 0. The summed E-state index contributed by atoms with van der Waals surface area (Å²) in [5, 5.41) is 7.30. The predicted octanol–water partition coefficient (Wildman–Crippen LogP) is 16.0. The fourth-order valence-electron chi connectivity index (χ4n) is 8.73. The normalized spacial score (nSPS) is 11.4. The molecule has 2 nitrogen and oxygen atoms in total. The molecule has 0 fully saturated rings. The Morgan fingerprint density at radius 1 is 0.276 bits per heavy atom. The van der Waals surface area contributed by atoms with Gasteiger partial charge in [0.2, 0.25) is 0 Å². The van der Waals surface area contributed by atoms with Crippen molar-refractivity contribution in [2.24, 2.45) is 0 Å². The van der Waals surface area contributed by atoms with E-state index in [9.17, 15) is 0 Å². The summed E-state index contributed by atoms with van der Waals surface area (Å²) in [6, 6.07) is 80.7. The molecule has 0 aliphatic rings. The van der Waals surface area contributed by atoms with Crippen LogP contribution in [0.1, 0.15) is 0 Å². The maximum absolute atomic E-state index is 6.36. The fourth-order valence-corrected chi connectivity index (χ4v) is 8.73. The molecule has 11 rings (SSSR count). The van der Waals surface area contributed by atoms with Gasteiger partial charge in [0.25, 0.3) is 0 Å². The maximum Gasteiger partial charge on any atom is 0.136 e. The van der Waals surface area contributed by atoms with E-state index in [-0.39, 0.29) is 0 Å². The molecule has 0 aliphatic heterocycles. The van der Waals surface area contributed by atoms with Crippen molar-refractivity contribution in [2.45, 2.75) is 0 Å². The molecule has 272 valence electrons. The average Bonchev–Trinajstić information content (AvgIpc) is 3.69. The van der Waals surface area contributed by atoms with E-state index in [1.807, 2.05) is 6.07 Å². The van der Waals surface area contributed by atoms with Gasteiger partial charge in [0.15, 0.2) is 0 Å². The highest BCUT2D eigenvalue weighted by Gasteiger charge is 2.20. The van der Waals surface area contributed by atoms with Gasteiger partial charge in [-0.1, -0.05) is 170 Å². The molecular weight excluding hydrogens is 703 g/mol. The van der Waals surface area contributed by atoms with E-state index < -0.39 is 0 Å². The standard InChI is InChI=1S/C56H37NO/c1-3-14-38(15-4-1)39-26-30-43(31-27-39)57(44-32-28-41(29-33-44)52-36-42-18-7-8-19-46(42)47-20-9-10-21-48(47)52)45-34-35-49(53(37-45)40-16-5-2-6-17-40)50-23-13-25-55-56(50)51-22-11-12-24-54(51)58-55/h1-37H. The Balaban J connectivity index is 1.09. The smallest absolute Gasteiger partial charge is 0.136 e. The Bertz CT molecular complexity index is 3250. The molecule has 10 aromatic carbocycles. The van der Waals surface area contributed by atoms with Gasteiger partial charge >= 0.3 is 0 Å². The van der Waals surface area contributed by atoms with Crippen LogP contribution in [0.15, 0.2) is 229 Å². The van der Waals surface area contributed by atoms with Gasteiger partial charge in [-0.15, -0.1) is 0 Å². The molecule has 0 radical (unpaired) electrons. The van der Waals surface area contributed by atoms with Crippen LogP contribution in [-0.2, 0) is 0 Å². The van der Waals surface area contributed by atoms with E-state index in [1.165, 1.54) is 43.8 Å². The van der Waals surface area contributed by atoms with E-state index in [0.29, 0.717) is 0 Å². The minimum atomic E-state index is 0.890. The summed E-state index contributed by atoms with van der Waals surface area (Å²) in [4.78, 5) is 2.38. The topological polar surface area (TPSA) is 16.4 Å². The monoisotopic (exact) mass is 739 g/mol. The Labute approximate surface area is 337 Å². The largest absolute Gasteiger partial charge is 0.456 e. The van der Waals surface area contributed by atoms with Gasteiger partial charge in [-0.05, 0) is 121 Å². The van der Waals surface area contributed by atoms with Crippen LogP contribution in [0.3, 0.4) is 0 Å². The summed E-state index contributed by atoms with van der Waals surface area (Å²) in [5.74, 6) is 0. The van der Waals surface area contributed by atoms with Crippen molar-refractivity contribution in [3.8, 4) is 44.5 Å². The zero-order chi connectivity index (χ0) is 38.4. The highest BCUT2D eigenvalue weighted by Crippen LogP contribution is 2.45. The van der Waals surface area contributed by atoms with Crippen LogP contribution in [0.2, 0.25) is 0 Å². The Morgan fingerprint density at radius 2 is 0.810 bits per heavy atom. The van der Waals surface area contributed by atoms with E-state index >= 15 is 0 Å². The van der Waals surface area contributed by atoms with Gasteiger partial charge < -0.3 is 9.32 Å². The number of furan rings is 1. The van der Waals surface area contributed by atoms with Gasteiger partial charge in [0, 0.05) is 27.8 Å². The maximum atomic E-state index is 6.36. The minimum Gasteiger partial charge on any atom is -0.456 e. The molecule has 1 heterocycles. The van der Waals surface area contributed by atoms with Crippen LogP contribution < -0.4 is 4.90 Å². The first-order chi connectivity index (χ1) is 28.8. The number of hydrogen-bond donors (Lipinski definition) is 0. The molecule has 0 atom stereocenters. The summed E-state index contributed by atoms with van der Waals surface area (Å²) in [7, 11) is 0. The second-order valence-corrected chi connectivity index (χ2v) is 14.9. The first-order valence-corrected chi connectivity index (χ1v) is 19.8. The predicted molar refractivity (Wildman–Crippen MR) is 245 cm³/mol. The first kappa shape index (κ1) is 33.6. The molecule has 1 aromatic heterocycles. The zero-order valence-electron chi connectivity index (χ0n) is 31.7. The van der Waals surface area contributed by atoms with Crippen LogP contribution in [0.5, 0.6) is 0 Å². The van der Waals surface area contributed by atoms with E-state index in [4.69, 9.17) is 4.42 Å². The molecule has 11 aromatic rings. The molecule has 0 spiro atoms. The number of fused-ring (bicyclic) bond motifs is 6. The third-order valence-corrected chi connectivity index (χ3v) is 11.5. The molecule has 0 unspecified atom stereocenters. The second-order valence-electron chi connectivity index (χ2n) is 14.9. The summed E-state index contributed by atoms with van der Waals surface area (Å²) in [5.41, 5.74) is 14.4. The second kappa shape index (κ2) is 14.1. The minimum absolute atomic E-state index is 0.890. The van der Waals surface area contributed by atoms with Gasteiger partial charge in [0.05, 0.1) is 0 Å². The first-order valence-electron chi connectivity index (χ1n) is 19.8. The third kappa shape index (κ3) is 5.82. The van der Waals surface area contributed by atoms with Crippen molar-refractivity contribution in [2.75, 3.05) is 4.90 Å². The molecule has 2 heteroatoms. The van der Waals surface area contributed by atoms with Crippen LogP contribution in [0.25, 0.3) is 88.0 Å². The summed E-state index contributed by atoms with van der Waals surface area (Å²) in [6.45, 7) is 0. The Morgan fingerprint density at radius 3 is 1.55 bits per heavy atom. The molecule has 0 N–H and O–H groups in total. The molecule has 0 aliphatic carbocycles. The van der Waals surface area contributed by atoms with E-state index in [0.717, 1.165) is 61.3 Å². The molecule has 0 amide bonds. The van der Waals surface area contributed by atoms with Crippen LogP contribution >= 0.6 is 0 Å². The number of benzene rings is 10. The lowest BCUT2D eigenvalue weighted by Gasteiger charge is -2.27. The highest BCUT2D eigenvalue weighted by atomic mass is 16.3. The van der Waals surface area contributed by atoms with Crippen molar-refractivity contribution in [1.29, 1.82) is 0 Å². The molecular formula is C56H37NO. The van der Waals surface area contributed by atoms with Crippen molar-refractivity contribution < 1.29 is 4.42 Å². The van der Waals surface area contributed by atoms with Crippen LogP contribution in [0, 0.1) is 0 Å². The lowest BCUT2D eigenvalue weighted by molar-refractivity contribution is 0.669. The lowest BCUT2D eigenvalue weighted by atomic mass is 9.91. The summed E-state index contributed by atoms with van der Waals surface area (Å²) >= 11 is 0. The van der Waals surface area contributed by atoms with Crippen LogP contribution in [0.4, 0.5) is 17.1 Å². The summed E-state index contributed by atoms with van der Waals surface area (Å²) in [6.07, 6.45) is 0. The van der Waals surface area contributed by atoms with Gasteiger partial charge in [-0.3, -0.25) is 0 Å². The van der Waals surface area contributed by atoms with Crippen molar-refractivity contribution in [3.63, 3.8) is 0 Å². The Hall–Kier alpha value is -7.68. The van der Waals surface area contributed by atoms with Crippen molar-refractivity contribution in [1.82, 2.24) is 0 Å². The molecule has 0 saturated carbocycles. The van der Waals surface area contributed by atoms with Crippen molar-refractivity contribution in [3.05, 3.63) is 224 Å². The van der Waals surface area contributed by atoms with Crippen LogP contribution in [-0.4, -0.2) is 0 Å². The lowest BCUT2D eigenvalue weighted by Crippen LogP contribution is -2.10. The number of hydrogen-bond acceptors (Lipinski definition) is 2. The van der Waals surface area contributed by atoms with Gasteiger partial charge in [-0.2, -0.15) is 0 Å². The van der Waals surface area contributed by atoms with E-state index in [1.54, 1.807) is 0 Å². The van der Waals surface area contributed by atoms with Crippen molar-refractivity contribution >= 4 is 60.5 Å². The SMILES string of the molecule is c1ccc(-c2ccc(N(c3ccc(-c4cc5ccccc5c5ccccc45)cc3)c3ccc(-c4cccc5oc6ccccc6c45)c(-c4ccccc4)c3)cc2)cc1. The number of para-hydroxylation sites is 1. The van der Waals surface area contributed by atoms with Gasteiger partial charge in [-0.25, -0.2) is 0 Å². The highest BCUT2D eigenvalue weighted by molar-refractivity contribution is 6.15. The molecule has 0 saturated heterocycles. The number of nitrogens with zero attached hydrogens (tertiary/aromatic N) is 1. The van der Waals surface area contributed by atoms with E-state index in [2.05, 4.69) is 223 Å². The third-order valence-electron chi connectivity index (χ3n) is 11.5. The Kier molecular flexibility index (Phi) is 8.19. The number of anilines is 3. The number of rotatable bonds is 7. The summed E-state index contributed by atoms with van der Waals surface area (Å²) < 4.78 is 6.36. The molecule has 0 bridgehead atoms.